The molecule has 0 radical (unpaired) electrons. The van der Waals surface area contributed by atoms with Gasteiger partial charge in [-0.3, -0.25) is 4.90 Å². The van der Waals surface area contributed by atoms with E-state index in [0.717, 1.165) is 6.54 Å². The summed E-state index contributed by atoms with van der Waals surface area (Å²) in [5.74, 6) is -0.397. The summed E-state index contributed by atoms with van der Waals surface area (Å²) < 4.78 is 5.55. The van der Waals surface area contributed by atoms with Gasteiger partial charge in [0, 0.05) is 23.7 Å². The van der Waals surface area contributed by atoms with Crippen molar-refractivity contribution in [1.29, 1.82) is 0 Å². The largest absolute Gasteiger partial charge is 0.458 e. The molecule has 0 N–H and O–H groups in total. The highest BCUT2D eigenvalue weighted by molar-refractivity contribution is 6.36. The number of rotatable bonds is 4. The van der Waals surface area contributed by atoms with Crippen LogP contribution in [0.3, 0.4) is 0 Å². The molecule has 0 bridgehead atoms. The van der Waals surface area contributed by atoms with Crippen LogP contribution in [-0.4, -0.2) is 35.6 Å². The minimum atomic E-state index is -0.397. The van der Waals surface area contributed by atoms with E-state index < -0.39 is 5.97 Å². The Bertz CT molecular complexity index is 529. The topological polar surface area (TPSA) is 29.5 Å². The van der Waals surface area contributed by atoms with Crippen LogP contribution in [0.4, 0.5) is 0 Å². The fourth-order valence-corrected chi connectivity index (χ4v) is 3.56. The Labute approximate surface area is 154 Å². The van der Waals surface area contributed by atoms with Crippen LogP contribution in [0, 0.1) is 0 Å². The molecule has 1 fully saturated rings. The van der Waals surface area contributed by atoms with Crippen LogP contribution < -0.4 is 0 Å². The first-order valence-corrected chi connectivity index (χ1v) is 8.56. The third kappa shape index (κ3) is 5.53. The molecule has 6 heteroatoms. The second kappa shape index (κ2) is 9.12. The van der Waals surface area contributed by atoms with Gasteiger partial charge in [0.05, 0.1) is 10.6 Å². The monoisotopic (exact) mass is 379 g/mol. The Balaban J connectivity index is 0.00000264. The lowest BCUT2D eigenvalue weighted by Crippen LogP contribution is -2.47. The summed E-state index contributed by atoms with van der Waals surface area (Å²) in [5.41, 5.74) is 0.359. The summed E-state index contributed by atoms with van der Waals surface area (Å²) in [6.45, 7) is 7.15. The molecule has 1 aliphatic heterocycles. The zero-order chi connectivity index (χ0) is 16.3. The van der Waals surface area contributed by atoms with Crippen molar-refractivity contribution in [2.75, 3.05) is 6.54 Å². The van der Waals surface area contributed by atoms with Gasteiger partial charge in [-0.1, -0.05) is 29.6 Å². The van der Waals surface area contributed by atoms with Gasteiger partial charge in [-0.2, -0.15) is 0 Å². The number of nitrogens with zero attached hydrogens (tertiary/aromatic N) is 1. The van der Waals surface area contributed by atoms with Crippen molar-refractivity contribution in [2.24, 2.45) is 0 Å². The number of hydrogen-bond donors (Lipinski definition) is 0. The van der Waals surface area contributed by atoms with Gasteiger partial charge in [-0.25, -0.2) is 4.79 Å². The Kier molecular flexibility index (Phi) is 8.15. The Morgan fingerprint density at radius 2 is 1.91 bits per heavy atom. The third-order valence-corrected chi connectivity index (χ3v) is 4.85. The van der Waals surface area contributed by atoms with E-state index in [4.69, 9.17) is 27.9 Å². The van der Waals surface area contributed by atoms with Gasteiger partial charge in [0.1, 0.15) is 6.10 Å². The Hall–Kier alpha value is -0.480. The zero-order valence-electron chi connectivity index (χ0n) is 13.7. The maximum absolute atomic E-state index is 12.2. The number of halogens is 3. The van der Waals surface area contributed by atoms with E-state index in [-0.39, 0.29) is 18.5 Å². The van der Waals surface area contributed by atoms with Crippen LogP contribution in [0.5, 0.6) is 0 Å². The Morgan fingerprint density at radius 3 is 2.48 bits per heavy atom. The number of ether oxygens (including phenoxy) is 1. The lowest BCUT2D eigenvalue weighted by Gasteiger charge is -2.40. The quantitative estimate of drug-likeness (QED) is 0.670. The van der Waals surface area contributed by atoms with E-state index in [9.17, 15) is 4.79 Å². The molecule has 0 aromatic heterocycles. The van der Waals surface area contributed by atoms with Crippen LogP contribution in [0.1, 0.15) is 50.4 Å². The van der Waals surface area contributed by atoms with Crippen molar-refractivity contribution >= 4 is 41.6 Å². The van der Waals surface area contributed by atoms with E-state index in [0.29, 0.717) is 27.7 Å². The van der Waals surface area contributed by atoms with Gasteiger partial charge in [0.15, 0.2) is 0 Å². The van der Waals surface area contributed by atoms with Crippen LogP contribution in [0.25, 0.3) is 0 Å². The normalized spacial score (nSPS) is 23.0. The van der Waals surface area contributed by atoms with E-state index in [2.05, 4.69) is 18.7 Å². The van der Waals surface area contributed by atoms with Crippen LogP contribution in [0.2, 0.25) is 10.0 Å². The number of esters is 1. The van der Waals surface area contributed by atoms with Crippen molar-refractivity contribution in [3.63, 3.8) is 0 Å². The molecule has 1 saturated heterocycles. The summed E-state index contributed by atoms with van der Waals surface area (Å²) in [4.78, 5) is 14.6. The minimum Gasteiger partial charge on any atom is -0.458 e. The first kappa shape index (κ1) is 20.6. The van der Waals surface area contributed by atoms with Crippen LogP contribution in [0.15, 0.2) is 18.2 Å². The summed E-state index contributed by atoms with van der Waals surface area (Å²) in [6.07, 6.45) is 3.50. The maximum Gasteiger partial charge on any atom is 0.339 e. The summed E-state index contributed by atoms with van der Waals surface area (Å²) in [7, 11) is 0. The predicted octanol–water partition coefficient (Wildman–Crippen LogP) is 5.22. The molecule has 1 aromatic carbocycles. The van der Waals surface area contributed by atoms with E-state index >= 15 is 0 Å². The molecule has 3 unspecified atom stereocenters. The summed E-state index contributed by atoms with van der Waals surface area (Å²) >= 11 is 11.9. The number of benzene rings is 1. The highest BCUT2D eigenvalue weighted by Crippen LogP contribution is 2.24. The van der Waals surface area contributed by atoms with E-state index in [1.807, 2.05) is 6.92 Å². The second-order valence-corrected chi connectivity index (χ2v) is 7.01. The van der Waals surface area contributed by atoms with Crippen molar-refractivity contribution in [1.82, 2.24) is 4.90 Å². The molecule has 0 spiro atoms. The molecule has 0 aliphatic carbocycles. The van der Waals surface area contributed by atoms with Gasteiger partial charge in [-0.15, -0.1) is 12.4 Å². The van der Waals surface area contributed by atoms with Gasteiger partial charge < -0.3 is 4.74 Å². The second-order valence-electron chi connectivity index (χ2n) is 6.17. The summed E-state index contributed by atoms with van der Waals surface area (Å²) in [5, 5.41) is 0.829. The molecule has 0 amide bonds. The van der Waals surface area contributed by atoms with Gasteiger partial charge in [0.2, 0.25) is 0 Å². The first-order valence-electron chi connectivity index (χ1n) is 7.80. The molecule has 2 rings (SSSR count). The molecule has 1 aliphatic rings. The third-order valence-electron chi connectivity index (χ3n) is 4.30. The molecule has 3 atom stereocenters. The first-order chi connectivity index (χ1) is 10.4. The number of carbonyl (C=O) groups excluding carboxylic acids is 1. The van der Waals surface area contributed by atoms with Gasteiger partial charge in [0.25, 0.3) is 0 Å². The number of hydrogen-bond acceptors (Lipinski definition) is 3. The average Bonchev–Trinajstić information content (AvgIpc) is 2.42. The smallest absolute Gasteiger partial charge is 0.339 e. The van der Waals surface area contributed by atoms with E-state index in [1.165, 1.54) is 19.3 Å². The zero-order valence-corrected chi connectivity index (χ0v) is 16.0. The lowest BCUT2D eigenvalue weighted by molar-refractivity contribution is 0.00813. The predicted molar refractivity (Wildman–Crippen MR) is 98.1 cm³/mol. The lowest BCUT2D eigenvalue weighted by atomic mass is 9.97. The molecule has 3 nitrogen and oxygen atoms in total. The van der Waals surface area contributed by atoms with Gasteiger partial charge in [-0.05, 0) is 51.8 Å². The molecular formula is C17H24Cl3NO2. The number of piperidine rings is 1. The molecule has 1 heterocycles. The van der Waals surface area contributed by atoms with Gasteiger partial charge >= 0.3 is 5.97 Å². The van der Waals surface area contributed by atoms with Crippen molar-refractivity contribution in [2.45, 2.75) is 58.2 Å². The SMILES string of the molecule is CC(CN1C(C)CCCC1C)OC(=O)c1ccc(Cl)cc1Cl.Cl. The van der Waals surface area contributed by atoms with Crippen molar-refractivity contribution < 1.29 is 9.53 Å². The highest BCUT2D eigenvalue weighted by atomic mass is 35.5. The molecular weight excluding hydrogens is 357 g/mol. The fourth-order valence-electron chi connectivity index (χ4n) is 3.07. The standard InChI is InChI=1S/C17H23Cl2NO2.ClH/c1-11-5-4-6-12(2)20(11)10-13(3)22-17(21)15-8-7-14(18)9-16(15)19;/h7-9,11-13H,4-6,10H2,1-3H3;1H. The highest BCUT2D eigenvalue weighted by Gasteiger charge is 2.27. The number of likely N-dealkylation sites (tertiary alicyclic amines) is 1. The molecule has 23 heavy (non-hydrogen) atoms. The molecule has 130 valence electrons. The molecule has 1 aromatic rings. The average molecular weight is 381 g/mol. The van der Waals surface area contributed by atoms with Crippen molar-refractivity contribution in [3.8, 4) is 0 Å². The fraction of sp³-hybridized carbons (Fsp3) is 0.588. The number of carbonyl (C=O) groups is 1. The maximum atomic E-state index is 12.2. The minimum absolute atomic E-state index is 0. The Morgan fingerprint density at radius 1 is 1.30 bits per heavy atom. The molecule has 0 saturated carbocycles. The van der Waals surface area contributed by atoms with Crippen LogP contribution >= 0.6 is 35.6 Å². The van der Waals surface area contributed by atoms with E-state index in [1.54, 1.807) is 18.2 Å². The summed E-state index contributed by atoms with van der Waals surface area (Å²) in [6, 6.07) is 5.86. The van der Waals surface area contributed by atoms with Crippen LogP contribution in [-0.2, 0) is 4.74 Å². The van der Waals surface area contributed by atoms with Crippen molar-refractivity contribution in [3.05, 3.63) is 33.8 Å².